The van der Waals surface area contributed by atoms with Crippen molar-refractivity contribution in [1.29, 1.82) is 0 Å². The molecule has 0 aromatic carbocycles. The van der Waals surface area contributed by atoms with Gasteiger partial charge in [0.2, 0.25) is 0 Å². The van der Waals surface area contributed by atoms with Gasteiger partial charge in [0.1, 0.15) is 6.10 Å². The predicted molar refractivity (Wildman–Crippen MR) is 117 cm³/mol. The molecule has 166 valence electrons. The van der Waals surface area contributed by atoms with E-state index in [0.29, 0.717) is 19.8 Å². The fraction of sp³-hybridized carbons (Fsp3) is 0.909. The lowest BCUT2D eigenvalue weighted by molar-refractivity contribution is -0.0618. The van der Waals surface area contributed by atoms with Gasteiger partial charge in [-0.05, 0) is 58.7 Å². The van der Waals surface area contributed by atoms with E-state index in [1.54, 1.807) is 6.08 Å². The van der Waals surface area contributed by atoms with Crippen molar-refractivity contribution < 1.29 is 14.2 Å². The summed E-state index contributed by atoms with van der Waals surface area (Å²) in [6, 6.07) is 0. The van der Waals surface area contributed by atoms with E-state index in [4.69, 9.17) is 14.2 Å². The Hall–Kier alpha value is -0.500. The van der Waals surface area contributed by atoms with Gasteiger partial charge in [0.25, 0.3) is 0 Å². The summed E-state index contributed by atoms with van der Waals surface area (Å²) in [6.45, 7) is 23.5. The summed E-state index contributed by atoms with van der Waals surface area (Å²) in [7, 11) is 0. The van der Waals surface area contributed by atoms with Gasteiger partial charge in [-0.2, -0.15) is 0 Å². The highest BCUT2D eigenvalue weighted by Crippen LogP contribution is 2.02. The molecule has 1 rings (SSSR count). The highest BCUT2D eigenvalue weighted by Gasteiger charge is 2.13. The third-order valence-electron chi connectivity index (χ3n) is 5.40. The lowest BCUT2D eigenvalue weighted by Gasteiger charge is -2.25. The summed E-state index contributed by atoms with van der Waals surface area (Å²) >= 11 is 0. The van der Waals surface area contributed by atoms with E-state index in [2.05, 4.69) is 42.0 Å². The fourth-order valence-electron chi connectivity index (χ4n) is 3.50. The van der Waals surface area contributed by atoms with E-state index < -0.39 is 0 Å². The molecule has 1 saturated heterocycles. The molecular formula is C22H45N3O3. The molecule has 0 spiro atoms. The van der Waals surface area contributed by atoms with Crippen molar-refractivity contribution in [3.05, 3.63) is 12.7 Å². The summed E-state index contributed by atoms with van der Waals surface area (Å²) in [4.78, 5) is 7.54. The maximum absolute atomic E-state index is 6.09. The van der Waals surface area contributed by atoms with Gasteiger partial charge in [-0.3, -0.25) is 0 Å². The Bertz CT molecular complexity index is 371. The molecule has 28 heavy (non-hydrogen) atoms. The molecule has 1 aliphatic rings. The van der Waals surface area contributed by atoms with Gasteiger partial charge in [0.05, 0.1) is 33.0 Å². The molecule has 0 aromatic rings. The minimum atomic E-state index is -0.0139. The molecule has 0 radical (unpaired) electrons. The van der Waals surface area contributed by atoms with Crippen molar-refractivity contribution in [2.75, 3.05) is 91.9 Å². The monoisotopic (exact) mass is 399 g/mol. The highest BCUT2D eigenvalue weighted by molar-refractivity contribution is 4.67. The first kappa shape index (κ1) is 25.5. The van der Waals surface area contributed by atoms with Crippen LogP contribution in [0.25, 0.3) is 0 Å². The lowest BCUT2D eigenvalue weighted by atomic mass is 10.3. The van der Waals surface area contributed by atoms with Crippen LogP contribution >= 0.6 is 0 Å². The molecular weight excluding hydrogens is 354 g/mol. The largest absolute Gasteiger partial charge is 0.377 e. The van der Waals surface area contributed by atoms with Crippen LogP contribution in [0, 0.1) is 0 Å². The van der Waals surface area contributed by atoms with Crippen molar-refractivity contribution >= 4 is 0 Å². The second-order valence-corrected chi connectivity index (χ2v) is 7.40. The van der Waals surface area contributed by atoms with E-state index in [-0.39, 0.29) is 6.10 Å². The van der Waals surface area contributed by atoms with Crippen molar-refractivity contribution in [2.24, 2.45) is 0 Å². The molecule has 0 bridgehead atoms. The first-order valence-electron chi connectivity index (χ1n) is 11.3. The van der Waals surface area contributed by atoms with Crippen molar-refractivity contribution in [2.45, 2.75) is 39.7 Å². The average molecular weight is 400 g/mol. The first-order valence-corrected chi connectivity index (χ1v) is 11.3. The molecule has 0 aliphatic carbocycles. The smallest absolute Gasteiger partial charge is 0.104 e. The van der Waals surface area contributed by atoms with E-state index in [0.717, 1.165) is 59.0 Å². The minimum absolute atomic E-state index is 0.0139. The summed E-state index contributed by atoms with van der Waals surface area (Å²) in [6.07, 6.45) is 4.20. The molecule has 1 aliphatic heterocycles. The number of ether oxygens (including phenoxy) is 3. The van der Waals surface area contributed by atoms with Gasteiger partial charge in [0.15, 0.2) is 0 Å². The highest BCUT2D eigenvalue weighted by atomic mass is 16.6. The second-order valence-electron chi connectivity index (χ2n) is 7.40. The SMILES string of the molecule is C=CCOCC1COCCN(CC)CCCN(CC)CCCN(CC)CCO1. The molecule has 1 unspecified atom stereocenters. The first-order chi connectivity index (χ1) is 13.7. The Morgan fingerprint density at radius 2 is 1.39 bits per heavy atom. The zero-order valence-electron chi connectivity index (χ0n) is 18.7. The fourth-order valence-corrected chi connectivity index (χ4v) is 3.50. The number of hydrogen-bond donors (Lipinski definition) is 0. The quantitative estimate of drug-likeness (QED) is 0.483. The molecule has 0 amide bonds. The molecule has 6 nitrogen and oxygen atoms in total. The summed E-state index contributed by atoms with van der Waals surface area (Å²) in [5.41, 5.74) is 0. The average Bonchev–Trinajstić information content (AvgIpc) is 2.72. The second kappa shape index (κ2) is 17.4. The van der Waals surface area contributed by atoms with Crippen LogP contribution < -0.4 is 0 Å². The van der Waals surface area contributed by atoms with E-state index >= 15 is 0 Å². The van der Waals surface area contributed by atoms with Crippen LogP contribution in [0.3, 0.4) is 0 Å². The van der Waals surface area contributed by atoms with Gasteiger partial charge in [0, 0.05) is 13.1 Å². The van der Waals surface area contributed by atoms with Crippen molar-refractivity contribution in [3.63, 3.8) is 0 Å². The van der Waals surface area contributed by atoms with Crippen LogP contribution in [-0.2, 0) is 14.2 Å². The number of likely N-dealkylation sites (N-methyl/N-ethyl adjacent to an activating group) is 2. The Labute approximate surface area is 173 Å². The standard InChI is InChI=1S/C22H45N3O3/c1-5-17-26-20-22-21-27-18-15-24(7-3)13-9-11-23(6-2)12-10-14-25(8-4)16-19-28-22/h5,22H,1,6-21H2,2-4H3. The Balaban J connectivity index is 2.58. The van der Waals surface area contributed by atoms with Gasteiger partial charge in [-0.25, -0.2) is 0 Å². The normalized spacial score (nSPS) is 24.0. The number of nitrogens with zero attached hydrogens (tertiary/aromatic N) is 3. The third kappa shape index (κ3) is 12.1. The van der Waals surface area contributed by atoms with E-state index in [1.807, 2.05) is 0 Å². The summed E-state index contributed by atoms with van der Waals surface area (Å²) in [5.74, 6) is 0. The molecule has 1 heterocycles. The van der Waals surface area contributed by atoms with Crippen LogP contribution in [-0.4, -0.2) is 113 Å². The van der Waals surface area contributed by atoms with Gasteiger partial charge in [-0.1, -0.05) is 26.8 Å². The van der Waals surface area contributed by atoms with Crippen LogP contribution in [0.4, 0.5) is 0 Å². The lowest BCUT2D eigenvalue weighted by Crippen LogP contribution is -2.34. The third-order valence-corrected chi connectivity index (χ3v) is 5.40. The summed E-state index contributed by atoms with van der Waals surface area (Å²) in [5, 5.41) is 0. The van der Waals surface area contributed by atoms with Crippen LogP contribution in [0.15, 0.2) is 12.7 Å². The van der Waals surface area contributed by atoms with Gasteiger partial charge >= 0.3 is 0 Å². The Kier molecular flexibility index (Phi) is 15.8. The summed E-state index contributed by atoms with van der Waals surface area (Å²) < 4.78 is 17.6. The number of hydrogen-bond acceptors (Lipinski definition) is 6. The topological polar surface area (TPSA) is 37.4 Å². The van der Waals surface area contributed by atoms with Gasteiger partial charge < -0.3 is 28.9 Å². The van der Waals surface area contributed by atoms with Crippen LogP contribution in [0.5, 0.6) is 0 Å². The maximum Gasteiger partial charge on any atom is 0.104 e. The molecule has 0 N–H and O–H groups in total. The Morgan fingerprint density at radius 3 is 1.93 bits per heavy atom. The minimum Gasteiger partial charge on any atom is -0.377 e. The zero-order valence-corrected chi connectivity index (χ0v) is 18.7. The zero-order chi connectivity index (χ0) is 20.5. The maximum atomic E-state index is 6.09. The van der Waals surface area contributed by atoms with Gasteiger partial charge in [-0.15, -0.1) is 6.58 Å². The van der Waals surface area contributed by atoms with Crippen LogP contribution in [0.1, 0.15) is 33.6 Å². The van der Waals surface area contributed by atoms with Crippen LogP contribution in [0.2, 0.25) is 0 Å². The number of rotatable bonds is 7. The van der Waals surface area contributed by atoms with Crippen molar-refractivity contribution in [3.8, 4) is 0 Å². The molecule has 1 fully saturated rings. The van der Waals surface area contributed by atoms with E-state index in [1.165, 1.54) is 25.9 Å². The predicted octanol–water partition coefficient (Wildman–Crippen LogP) is 2.35. The molecule has 6 heteroatoms. The van der Waals surface area contributed by atoms with Crippen molar-refractivity contribution in [1.82, 2.24) is 14.7 Å². The Morgan fingerprint density at radius 1 is 0.857 bits per heavy atom. The molecule has 1 atom stereocenters. The molecule has 0 saturated carbocycles. The molecule has 0 aromatic heterocycles. The van der Waals surface area contributed by atoms with E-state index in [9.17, 15) is 0 Å².